The van der Waals surface area contributed by atoms with Crippen LogP contribution in [0, 0.1) is 0 Å². The summed E-state index contributed by atoms with van der Waals surface area (Å²) < 4.78 is 39.0. The standard InChI is InChI=1S/C14H19F3N2O/c1-4-8-19(3)13(20)10-6-7-12(18-5-2)11(9-10)14(15,16)17/h6-7,9,18H,4-5,8H2,1-3H3. The van der Waals surface area contributed by atoms with Crippen molar-refractivity contribution >= 4 is 11.6 Å². The van der Waals surface area contributed by atoms with Gasteiger partial charge in [-0.15, -0.1) is 0 Å². The average Bonchev–Trinajstić information content (AvgIpc) is 2.37. The van der Waals surface area contributed by atoms with Crippen LogP contribution in [0.2, 0.25) is 0 Å². The fraction of sp³-hybridized carbons (Fsp3) is 0.500. The van der Waals surface area contributed by atoms with Gasteiger partial charge in [-0.25, -0.2) is 0 Å². The molecule has 1 rings (SSSR count). The number of alkyl halides is 3. The molecule has 1 N–H and O–H groups in total. The summed E-state index contributed by atoms with van der Waals surface area (Å²) in [7, 11) is 1.58. The predicted molar refractivity (Wildman–Crippen MR) is 72.9 cm³/mol. The second-order valence-electron chi connectivity index (χ2n) is 4.52. The van der Waals surface area contributed by atoms with Crippen LogP contribution in [0.15, 0.2) is 18.2 Å². The van der Waals surface area contributed by atoms with Crippen molar-refractivity contribution in [1.29, 1.82) is 0 Å². The molecule has 0 aliphatic carbocycles. The molecule has 0 fully saturated rings. The lowest BCUT2D eigenvalue weighted by atomic mass is 10.1. The van der Waals surface area contributed by atoms with Crippen molar-refractivity contribution in [2.45, 2.75) is 26.4 Å². The highest BCUT2D eigenvalue weighted by atomic mass is 19.4. The number of nitrogens with zero attached hydrogens (tertiary/aromatic N) is 1. The van der Waals surface area contributed by atoms with Gasteiger partial charge in [-0.05, 0) is 31.5 Å². The summed E-state index contributed by atoms with van der Waals surface area (Å²) in [6.45, 7) is 4.51. The van der Waals surface area contributed by atoms with E-state index in [-0.39, 0.29) is 11.3 Å². The number of nitrogens with one attached hydrogen (secondary N) is 1. The fourth-order valence-electron chi connectivity index (χ4n) is 1.91. The van der Waals surface area contributed by atoms with Crippen LogP contribution in [0.4, 0.5) is 18.9 Å². The summed E-state index contributed by atoms with van der Waals surface area (Å²) in [5.74, 6) is -0.402. The van der Waals surface area contributed by atoms with Gasteiger partial charge in [-0.3, -0.25) is 4.79 Å². The third-order valence-corrected chi connectivity index (χ3v) is 2.84. The first-order chi connectivity index (χ1) is 9.31. The van der Waals surface area contributed by atoms with Crippen molar-refractivity contribution in [3.63, 3.8) is 0 Å². The SMILES string of the molecule is CCCN(C)C(=O)c1ccc(NCC)c(C(F)(F)F)c1. The lowest BCUT2D eigenvalue weighted by molar-refractivity contribution is -0.137. The topological polar surface area (TPSA) is 32.3 Å². The summed E-state index contributed by atoms with van der Waals surface area (Å²) in [4.78, 5) is 13.4. The van der Waals surface area contributed by atoms with Crippen molar-refractivity contribution in [3.05, 3.63) is 29.3 Å². The van der Waals surface area contributed by atoms with Crippen molar-refractivity contribution in [2.24, 2.45) is 0 Å². The number of hydrogen-bond donors (Lipinski definition) is 1. The second kappa shape index (κ2) is 6.63. The molecule has 20 heavy (non-hydrogen) atoms. The van der Waals surface area contributed by atoms with Gasteiger partial charge < -0.3 is 10.2 Å². The van der Waals surface area contributed by atoms with E-state index in [2.05, 4.69) is 5.32 Å². The normalized spacial score (nSPS) is 11.3. The highest BCUT2D eigenvalue weighted by Crippen LogP contribution is 2.35. The highest BCUT2D eigenvalue weighted by Gasteiger charge is 2.34. The molecule has 0 aromatic heterocycles. The van der Waals surface area contributed by atoms with E-state index in [0.29, 0.717) is 13.1 Å². The Kier molecular flexibility index (Phi) is 5.42. The first-order valence-corrected chi connectivity index (χ1v) is 6.51. The van der Waals surface area contributed by atoms with Gasteiger partial charge in [-0.2, -0.15) is 13.2 Å². The molecule has 0 aliphatic heterocycles. The number of amides is 1. The van der Waals surface area contributed by atoms with Crippen LogP contribution < -0.4 is 5.32 Å². The van der Waals surface area contributed by atoms with Gasteiger partial charge in [0.15, 0.2) is 0 Å². The maximum atomic E-state index is 13.0. The first kappa shape index (κ1) is 16.3. The largest absolute Gasteiger partial charge is 0.418 e. The van der Waals surface area contributed by atoms with Gasteiger partial charge in [0.1, 0.15) is 0 Å². The van der Waals surface area contributed by atoms with E-state index >= 15 is 0 Å². The highest BCUT2D eigenvalue weighted by molar-refractivity contribution is 5.94. The molecule has 1 amide bonds. The van der Waals surface area contributed by atoms with Gasteiger partial charge >= 0.3 is 6.18 Å². The molecule has 0 bridgehead atoms. The molecule has 1 aromatic carbocycles. The lowest BCUT2D eigenvalue weighted by Crippen LogP contribution is -2.27. The Morgan fingerprint density at radius 2 is 1.95 bits per heavy atom. The molecule has 1 aromatic rings. The van der Waals surface area contributed by atoms with Gasteiger partial charge in [0.25, 0.3) is 5.91 Å². The third-order valence-electron chi connectivity index (χ3n) is 2.84. The predicted octanol–water partition coefficient (Wildman–Crippen LogP) is 3.62. The minimum absolute atomic E-state index is 0.00491. The van der Waals surface area contributed by atoms with Crippen LogP contribution in [0.1, 0.15) is 36.2 Å². The zero-order valence-corrected chi connectivity index (χ0v) is 11.8. The Labute approximate surface area is 116 Å². The Bertz CT molecular complexity index is 472. The van der Waals surface area contributed by atoms with Crippen molar-refractivity contribution < 1.29 is 18.0 Å². The molecule has 112 valence electrons. The molecule has 0 atom stereocenters. The maximum absolute atomic E-state index is 13.0. The Morgan fingerprint density at radius 1 is 1.30 bits per heavy atom. The number of carbonyl (C=O) groups excluding carboxylic acids is 1. The number of hydrogen-bond acceptors (Lipinski definition) is 2. The van der Waals surface area contributed by atoms with Crippen molar-refractivity contribution in [3.8, 4) is 0 Å². The van der Waals surface area contributed by atoms with E-state index < -0.39 is 17.6 Å². The first-order valence-electron chi connectivity index (χ1n) is 6.51. The van der Waals surface area contributed by atoms with Gasteiger partial charge in [0, 0.05) is 31.4 Å². The Hall–Kier alpha value is -1.72. The van der Waals surface area contributed by atoms with E-state index in [1.165, 1.54) is 17.0 Å². The third kappa shape index (κ3) is 3.88. The molecule has 0 heterocycles. The van der Waals surface area contributed by atoms with E-state index in [1.807, 2.05) is 6.92 Å². The maximum Gasteiger partial charge on any atom is 0.418 e. The summed E-state index contributed by atoms with van der Waals surface area (Å²) in [6, 6.07) is 3.63. The number of anilines is 1. The molecular formula is C14H19F3N2O. The number of halogens is 3. The molecule has 3 nitrogen and oxygen atoms in total. The van der Waals surface area contributed by atoms with Crippen molar-refractivity contribution in [1.82, 2.24) is 4.90 Å². The van der Waals surface area contributed by atoms with Crippen molar-refractivity contribution in [2.75, 3.05) is 25.5 Å². The van der Waals surface area contributed by atoms with Gasteiger partial charge in [0.2, 0.25) is 0 Å². The fourth-order valence-corrected chi connectivity index (χ4v) is 1.91. The second-order valence-corrected chi connectivity index (χ2v) is 4.52. The van der Waals surface area contributed by atoms with E-state index in [9.17, 15) is 18.0 Å². The van der Waals surface area contributed by atoms with Gasteiger partial charge in [-0.1, -0.05) is 6.92 Å². The Morgan fingerprint density at radius 3 is 2.45 bits per heavy atom. The zero-order valence-electron chi connectivity index (χ0n) is 11.8. The minimum atomic E-state index is -4.49. The number of carbonyl (C=O) groups is 1. The average molecular weight is 288 g/mol. The molecule has 0 spiro atoms. The summed E-state index contributed by atoms with van der Waals surface area (Å²) in [5, 5.41) is 2.66. The van der Waals surface area contributed by atoms with E-state index in [0.717, 1.165) is 12.5 Å². The molecule has 0 radical (unpaired) electrons. The van der Waals surface area contributed by atoms with Crippen LogP contribution >= 0.6 is 0 Å². The summed E-state index contributed by atoms with van der Waals surface area (Å²) in [6.07, 6.45) is -3.74. The van der Waals surface area contributed by atoms with Crippen LogP contribution in [0.5, 0.6) is 0 Å². The van der Waals surface area contributed by atoms with Crippen LogP contribution in [-0.4, -0.2) is 30.9 Å². The monoisotopic (exact) mass is 288 g/mol. The molecule has 6 heteroatoms. The number of benzene rings is 1. The quantitative estimate of drug-likeness (QED) is 0.897. The summed E-state index contributed by atoms with van der Waals surface area (Å²) >= 11 is 0. The lowest BCUT2D eigenvalue weighted by Gasteiger charge is -2.19. The Balaban J connectivity index is 3.15. The molecule has 0 saturated carbocycles. The van der Waals surface area contributed by atoms with Crippen LogP contribution in [0.3, 0.4) is 0 Å². The van der Waals surface area contributed by atoms with Gasteiger partial charge in [0.05, 0.1) is 5.56 Å². The van der Waals surface area contributed by atoms with E-state index in [4.69, 9.17) is 0 Å². The molecule has 0 aliphatic rings. The smallest absolute Gasteiger partial charge is 0.385 e. The molecule has 0 saturated heterocycles. The zero-order chi connectivity index (χ0) is 15.3. The number of rotatable bonds is 5. The van der Waals surface area contributed by atoms with Crippen LogP contribution in [0.25, 0.3) is 0 Å². The van der Waals surface area contributed by atoms with Crippen LogP contribution in [-0.2, 0) is 6.18 Å². The molecular weight excluding hydrogens is 269 g/mol. The summed E-state index contributed by atoms with van der Waals surface area (Å²) in [5.41, 5.74) is -0.764. The van der Waals surface area contributed by atoms with E-state index in [1.54, 1.807) is 14.0 Å². The minimum Gasteiger partial charge on any atom is -0.385 e. The molecule has 0 unspecified atom stereocenters.